The highest BCUT2D eigenvalue weighted by Crippen LogP contribution is 2.43. The van der Waals surface area contributed by atoms with Gasteiger partial charge in [-0.2, -0.15) is 0 Å². The van der Waals surface area contributed by atoms with E-state index in [-0.39, 0.29) is 30.8 Å². The number of nitrogens with zero attached hydrogens (tertiary/aromatic N) is 4. The first-order chi connectivity index (χ1) is 13.7. The summed E-state index contributed by atoms with van der Waals surface area (Å²) in [5.41, 5.74) is 2.26. The minimum absolute atomic E-state index is 0.0127. The number of carbonyl (C=O) groups excluding carboxylic acids is 2. The zero-order valence-corrected chi connectivity index (χ0v) is 19.0. The Bertz CT molecular complexity index is 967. The number of aryl methyl sites for hydroxylation is 1. The van der Waals surface area contributed by atoms with Gasteiger partial charge in [0.2, 0.25) is 5.91 Å². The largest absolute Gasteiger partial charge is 0.465 e. The zero-order chi connectivity index (χ0) is 21.3. The van der Waals surface area contributed by atoms with Gasteiger partial charge in [-0.3, -0.25) is 14.5 Å². The fourth-order valence-corrected chi connectivity index (χ4v) is 4.08. The van der Waals surface area contributed by atoms with Crippen LogP contribution in [0.4, 0.5) is 17.2 Å². The average molecular weight is 482 g/mol. The third-order valence-corrected chi connectivity index (χ3v) is 5.48. The van der Waals surface area contributed by atoms with Gasteiger partial charge < -0.3 is 9.64 Å². The first kappa shape index (κ1) is 21.5. The Balaban J connectivity index is 2.10. The van der Waals surface area contributed by atoms with Gasteiger partial charge in [0.05, 0.1) is 12.3 Å². The summed E-state index contributed by atoms with van der Waals surface area (Å²) in [5, 5.41) is 0.116. The molecule has 3 rings (SSSR count). The second-order valence-electron chi connectivity index (χ2n) is 6.97. The van der Waals surface area contributed by atoms with Gasteiger partial charge in [0.15, 0.2) is 11.0 Å². The van der Waals surface area contributed by atoms with Crippen molar-refractivity contribution in [1.29, 1.82) is 0 Å². The van der Waals surface area contributed by atoms with Crippen molar-refractivity contribution in [1.82, 2.24) is 9.97 Å². The minimum Gasteiger partial charge on any atom is -0.465 e. The number of anilines is 3. The molecule has 0 aliphatic carbocycles. The molecule has 0 radical (unpaired) electrons. The van der Waals surface area contributed by atoms with Crippen molar-refractivity contribution in [2.45, 2.75) is 33.6 Å². The summed E-state index contributed by atoms with van der Waals surface area (Å²) in [7, 11) is 0. The first-order valence-electron chi connectivity index (χ1n) is 9.30. The van der Waals surface area contributed by atoms with Gasteiger partial charge in [-0.05, 0) is 53.4 Å². The molecule has 154 valence electrons. The number of amides is 1. The Hall–Kier alpha value is -2.19. The van der Waals surface area contributed by atoms with E-state index >= 15 is 0 Å². The number of halogens is 2. The van der Waals surface area contributed by atoms with E-state index in [1.165, 1.54) is 10.5 Å². The highest BCUT2D eigenvalue weighted by atomic mass is 79.9. The van der Waals surface area contributed by atoms with Crippen LogP contribution in [-0.4, -0.2) is 41.5 Å². The summed E-state index contributed by atoms with van der Waals surface area (Å²) >= 11 is 10.0. The van der Waals surface area contributed by atoms with Crippen LogP contribution >= 0.6 is 27.5 Å². The molecule has 0 spiro atoms. The van der Waals surface area contributed by atoms with Crippen LogP contribution in [0.3, 0.4) is 0 Å². The molecule has 0 atom stereocenters. The number of aromatic nitrogens is 2. The lowest BCUT2D eigenvalue weighted by atomic mass is 10.0. The average Bonchev–Trinajstić information content (AvgIpc) is 2.63. The van der Waals surface area contributed by atoms with Crippen molar-refractivity contribution in [2.24, 2.45) is 0 Å². The van der Waals surface area contributed by atoms with Gasteiger partial charge >= 0.3 is 5.97 Å². The maximum Gasteiger partial charge on any atom is 0.326 e. The van der Waals surface area contributed by atoms with E-state index in [1.54, 1.807) is 18.7 Å². The van der Waals surface area contributed by atoms with E-state index in [1.807, 2.05) is 18.2 Å². The topological polar surface area (TPSA) is 75.6 Å². The lowest BCUT2D eigenvalue weighted by Gasteiger charge is -2.36. The van der Waals surface area contributed by atoms with Crippen molar-refractivity contribution >= 4 is 56.6 Å². The molecule has 1 aromatic carbocycles. The number of rotatable bonds is 5. The number of hydrogen-bond acceptors (Lipinski definition) is 6. The molecule has 0 N–H and O–H groups in total. The van der Waals surface area contributed by atoms with Crippen LogP contribution in [0.15, 0.2) is 22.7 Å². The van der Waals surface area contributed by atoms with Crippen LogP contribution in [0, 0.1) is 6.92 Å². The number of carbonyl (C=O) groups is 2. The highest BCUT2D eigenvalue weighted by molar-refractivity contribution is 9.10. The van der Waals surface area contributed by atoms with E-state index in [2.05, 4.69) is 39.7 Å². The van der Waals surface area contributed by atoms with Gasteiger partial charge in [0.25, 0.3) is 0 Å². The monoisotopic (exact) mass is 480 g/mol. The van der Waals surface area contributed by atoms with Crippen molar-refractivity contribution in [3.63, 3.8) is 0 Å². The molecule has 1 aromatic heterocycles. The third-order valence-electron chi connectivity index (χ3n) is 4.58. The summed E-state index contributed by atoms with van der Waals surface area (Å²) in [6, 6.07) is 6.00. The van der Waals surface area contributed by atoms with Crippen LogP contribution in [0.1, 0.15) is 38.1 Å². The molecule has 29 heavy (non-hydrogen) atoms. The second kappa shape index (κ2) is 8.67. The Kier molecular flexibility index (Phi) is 6.43. The molecule has 1 amide bonds. The molecule has 0 bridgehead atoms. The maximum absolute atomic E-state index is 13.0. The Morgan fingerprint density at radius 3 is 2.69 bits per heavy atom. The molecular formula is C20H22BrClN4O3. The van der Waals surface area contributed by atoms with Crippen molar-refractivity contribution in [3.05, 3.63) is 39.2 Å². The van der Waals surface area contributed by atoms with Gasteiger partial charge in [0.1, 0.15) is 24.6 Å². The van der Waals surface area contributed by atoms with Gasteiger partial charge in [-0.15, -0.1) is 0 Å². The summed E-state index contributed by atoms with van der Waals surface area (Å²) < 4.78 is 5.84. The first-order valence-corrected chi connectivity index (χ1v) is 10.5. The fraction of sp³-hybridized carbons (Fsp3) is 0.400. The molecule has 1 aliphatic rings. The van der Waals surface area contributed by atoms with E-state index < -0.39 is 5.97 Å². The number of ether oxygens (including phenoxy) is 1. The van der Waals surface area contributed by atoms with Crippen molar-refractivity contribution in [2.75, 3.05) is 29.5 Å². The molecule has 1 aliphatic heterocycles. The number of benzene rings is 1. The van der Waals surface area contributed by atoms with E-state index in [9.17, 15) is 9.59 Å². The van der Waals surface area contributed by atoms with Crippen molar-refractivity contribution < 1.29 is 14.3 Å². The lowest BCUT2D eigenvalue weighted by Crippen LogP contribution is -2.47. The fourth-order valence-electron chi connectivity index (χ4n) is 3.16. The van der Waals surface area contributed by atoms with Crippen molar-refractivity contribution in [3.8, 4) is 0 Å². The molecule has 7 nitrogen and oxygen atoms in total. The van der Waals surface area contributed by atoms with E-state index in [4.69, 9.17) is 16.3 Å². The van der Waals surface area contributed by atoms with E-state index in [0.29, 0.717) is 23.2 Å². The van der Waals surface area contributed by atoms with Crippen LogP contribution in [0.2, 0.25) is 5.15 Å². The van der Waals surface area contributed by atoms with Crippen LogP contribution < -0.4 is 9.80 Å². The lowest BCUT2D eigenvalue weighted by molar-refractivity contribution is -0.142. The maximum atomic E-state index is 13.0. The minimum atomic E-state index is -0.514. The van der Waals surface area contributed by atoms with Crippen LogP contribution in [0.5, 0.6) is 0 Å². The molecular weight excluding hydrogens is 460 g/mol. The molecule has 0 fully saturated rings. The predicted octanol–water partition coefficient (Wildman–Crippen LogP) is 4.37. The number of esters is 1. The molecule has 9 heteroatoms. The SMILES string of the molecule is CCOC(=O)CN1C(=O)CN(c2ccc(C(C)C)cc2Br)c2nc(C)nc(Cl)c21. The van der Waals surface area contributed by atoms with E-state index in [0.717, 1.165) is 10.2 Å². The molecule has 0 unspecified atom stereocenters. The van der Waals surface area contributed by atoms with Crippen LogP contribution in [-0.2, 0) is 14.3 Å². The summed E-state index contributed by atoms with van der Waals surface area (Å²) in [4.78, 5) is 36.8. The van der Waals surface area contributed by atoms with Gasteiger partial charge in [-0.25, -0.2) is 9.97 Å². The predicted molar refractivity (Wildman–Crippen MR) is 116 cm³/mol. The molecule has 0 saturated heterocycles. The zero-order valence-electron chi connectivity index (χ0n) is 16.7. The Labute approximate surface area is 183 Å². The summed E-state index contributed by atoms with van der Waals surface area (Å²) in [6.45, 7) is 7.67. The number of hydrogen-bond donors (Lipinski definition) is 0. The third kappa shape index (κ3) is 4.38. The Morgan fingerprint density at radius 1 is 1.34 bits per heavy atom. The highest BCUT2D eigenvalue weighted by Gasteiger charge is 2.36. The number of fused-ring (bicyclic) bond motifs is 1. The van der Waals surface area contributed by atoms with Gasteiger partial charge in [-0.1, -0.05) is 31.5 Å². The Morgan fingerprint density at radius 2 is 2.07 bits per heavy atom. The second-order valence-corrected chi connectivity index (χ2v) is 8.18. The quantitative estimate of drug-likeness (QED) is 0.466. The summed E-state index contributed by atoms with van der Waals surface area (Å²) in [5.74, 6) is 0.511. The summed E-state index contributed by atoms with van der Waals surface area (Å²) in [6.07, 6.45) is 0. The molecule has 2 aromatic rings. The van der Waals surface area contributed by atoms with Crippen LogP contribution in [0.25, 0.3) is 0 Å². The smallest absolute Gasteiger partial charge is 0.326 e. The molecule has 2 heterocycles. The normalized spacial score (nSPS) is 13.7. The standard InChI is InChI=1S/C20H22BrClN4O3/c1-5-29-17(28)10-26-16(27)9-25(20-18(26)19(22)23-12(4)24-20)15-7-6-13(11(2)3)8-14(15)21/h6-8,11H,5,9-10H2,1-4H3. The molecule has 0 saturated carbocycles. The van der Waals surface area contributed by atoms with Gasteiger partial charge in [0, 0.05) is 4.47 Å².